The number of hydrogen-bond donors (Lipinski definition) is 2. The largest absolute Gasteiger partial charge is 0.496 e. The molecular formula is C14H22IN3O. The first-order valence-corrected chi connectivity index (χ1v) is 6.39. The van der Waals surface area contributed by atoms with Gasteiger partial charge >= 0.3 is 0 Å². The molecule has 106 valence electrons. The maximum Gasteiger partial charge on any atom is 0.188 e. The van der Waals surface area contributed by atoms with Crippen LogP contribution in [0.25, 0.3) is 0 Å². The van der Waals surface area contributed by atoms with Gasteiger partial charge in [-0.15, -0.1) is 24.0 Å². The fourth-order valence-corrected chi connectivity index (χ4v) is 1.81. The Morgan fingerprint density at radius 2 is 2.21 bits per heavy atom. The number of aliphatic imine (C=N–C) groups is 1. The van der Waals surface area contributed by atoms with E-state index in [-0.39, 0.29) is 24.0 Å². The quantitative estimate of drug-likeness (QED) is 0.472. The zero-order chi connectivity index (χ0) is 13.0. The summed E-state index contributed by atoms with van der Waals surface area (Å²) in [5, 5.41) is 3.17. The molecular weight excluding hydrogens is 353 g/mol. The maximum atomic E-state index is 5.77. The minimum atomic E-state index is 0. The second-order valence-corrected chi connectivity index (χ2v) is 4.74. The van der Waals surface area contributed by atoms with Gasteiger partial charge in [-0.1, -0.05) is 12.1 Å². The zero-order valence-electron chi connectivity index (χ0n) is 11.5. The fraction of sp³-hybridized carbons (Fsp3) is 0.500. The molecule has 1 aromatic carbocycles. The predicted molar refractivity (Wildman–Crippen MR) is 89.5 cm³/mol. The molecule has 0 radical (unpaired) electrons. The summed E-state index contributed by atoms with van der Waals surface area (Å²) in [5.41, 5.74) is 8.15. The van der Waals surface area contributed by atoms with Gasteiger partial charge in [-0.05, 0) is 43.4 Å². The van der Waals surface area contributed by atoms with Crippen molar-refractivity contribution in [1.29, 1.82) is 0 Å². The average Bonchev–Trinajstić information content (AvgIpc) is 3.15. The number of ether oxygens (including phenoxy) is 1. The van der Waals surface area contributed by atoms with Crippen molar-refractivity contribution in [2.45, 2.75) is 32.2 Å². The third-order valence-electron chi connectivity index (χ3n) is 3.08. The molecule has 5 heteroatoms. The van der Waals surface area contributed by atoms with E-state index in [0.717, 1.165) is 17.7 Å². The summed E-state index contributed by atoms with van der Waals surface area (Å²) in [5.74, 6) is 1.50. The highest BCUT2D eigenvalue weighted by atomic mass is 127. The van der Waals surface area contributed by atoms with Crippen LogP contribution in [0.2, 0.25) is 0 Å². The monoisotopic (exact) mass is 375 g/mol. The van der Waals surface area contributed by atoms with Crippen molar-refractivity contribution >= 4 is 29.9 Å². The second-order valence-electron chi connectivity index (χ2n) is 4.74. The molecule has 1 fully saturated rings. The number of rotatable bonds is 5. The van der Waals surface area contributed by atoms with E-state index >= 15 is 0 Å². The van der Waals surface area contributed by atoms with E-state index < -0.39 is 0 Å². The number of methoxy groups -OCH3 is 1. The molecule has 0 aromatic heterocycles. The van der Waals surface area contributed by atoms with E-state index in [4.69, 9.17) is 10.5 Å². The van der Waals surface area contributed by atoms with Gasteiger partial charge < -0.3 is 15.8 Å². The van der Waals surface area contributed by atoms with Gasteiger partial charge in [0.05, 0.1) is 7.11 Å². The number of benzene rings is 1. The van der Waals surface area contributed by atoms with E-state index in [1.54, 1.807) is 7.11 Å². The first-order valence-electron chi connectivity index (χ1n) is 6.39. The lowest BCUT2D eigenvalue weighted by molar-refractivity contribution is 0.411. The highest BCUT2D eigenvalue weighted by Gasteiger charge is 2.21. The van der Waals surface area contributed by atoms with Crippen LogP contribution in [0.1, 0.15) is 24.0 Å². The average molecular weight is 375 g/mol. The highest BCUT2D eigenvalue weighted by molar-refractivity contribution is 14.0. The van der Waals surface area contributed by atoms with Crippen LogP contribution in [-0.4, -0.2) is 25.7 Å². The molecule has 4 nitrogen and oxygen atoms in total. The van der Waals surface area contributed by atoms with Gasteiger partial charge in [-0.3, -0.25) is 4.99 Å². The van der Waals surface area contributed by atoms with Gasteiger partial charge in [0, 0.05) is 12.6 Å². The van der Waals surface area contributed by atoms with Crippen LogP contribution in [0, 0.1) is 6.92 Å². The SMILES string of the molecule is COc1cc(CCN=C(N)NC2CC2)ccc1C.I. The number of aryl methyl sites for hydroxylation is 1. The Morgan fingerprint density at radius 1 is 1.47 bits per heavy atom. The Morgan fingerprint density at radius 3 is 2.84 bits per heavy atom. The number of nitrogens with zero attached hydrogens (tertiary/aromatic N) is 1. The Bertz CT molecular complexity index is 444. The van der Waals surface area contributed by atoms with Gasteiger partial charge in [0.2, 0.25) is 0 Å². The van der Waals surface area contributed by atoms with Crippen molar-refractivity contribution in [2.24, 2.45) is 10.7 Å². The van der Waals surface area contributed by atoms with Crippen molar-refractivity contribution in [3.63, 3.8) is 0 Å². The number of halogens is 1. The van der Waals surface area contributed by atoms with Crippen LogP contribution >= 0.6 is 24.0 Å². The Labute approximate surface area is 131 Å². The molecule has 0 aliphatic heterocycles. The summed E-state index contributed by atoms with van der Waals surface area (Å²) in [6, 6.07) is 6.81. The van der Waals surface area contributed by atoms with E-state index in [2.05, 4.69) is 28.5 Å². The molecule has 0 bridgehead atoms. The van der Waals surface area contributed by atoms with Gasteiger partial charge in [-0.2, -0.15) is 0 Å². The van der Waals surface area contributed by atoms with Crippen molar-refractivity contribution in [2.75, 3.05) is 13.7 Å². The van der Waals surface area contributed by atoms with Gasteiger partial charge in [-0.25, -0.2) is 0 Å². The van der Waals surface area contributed by atoms with Crippen LogP contribution in [0.4, 0.5) is 0 Å². The van der Waals surface area contributed by atoms with Crippen molar-refractivity contribution in [3.8, 4) is 5.75 Å². The summed E-state index contributed by atoms with van der Waals surface area (Å²) in [4.78, 5) is 4.32. The van der Waals surface area contributed by atoms with Crippen molar-refractivity contribution < 1.29 is 4.74 Å². The first kappa shape index (κ1) is 16.1. The van der Waals surface area contributed by atoms with Crippen LogP contribution < -0.4 is 15.8 Å². The van der Waals surface area contributed by atoms with Crippen LogP contribution in [-0.2, 0) is 6.42 Å². The molecule has 19 heavy (non-hydrogen) atoms. The van der Waals surface area contributed by atoms with E-state index in [1.165, 1.54) is 18.4 Å². The maximum absolute atomic E-state index is 5.77. The number of nitrogens with one attached hydrogen (secondary N) is 1. The van der Waals surface area contributed by atoms with E-state index in [9.17, 15) is 0 Å². The fourth-order valence-electron chi connectivity index (χ4n) is 1.81. The molecule has 0 saturated heterocycles. The normalized spacial score (nSPS) is 14.7. The molecule has 3 N–H and O–H groups in total. The summed E-state index contributed by atoms with van der Waals surface area (Å²) < 4.78 is 5.30. The molecule has 1 aliphatic rings. The molecule has 1 saturated carbocycles. The molecule has 0 unspecified atom stereocenters. The molecule has 1 aliphatic carbocycles. The Balaban J connectivity index is 0.00000180. The molecule has 1 aromatic rings. The van der Waals surface area contributed by atoms with Gasteiger partial charge in [0.25, 0.3) is 0 Å². The second kappa shape index (κ2) is 7.57. The minimum absolute atomic E-state index is 0. The van der Waals surface area contributed by atoms with Gasteiger partial charge in [0.15, 0.2) is 5.96 Å². The van der Waals surface area contributed by atoms with Crippen molar-refractivity contribution in [1.82, 2.24) is 5.32 Å². The zero-order valence-corrected chi connectivity index (χ0v) is 13.8. The lowest BCUT2D eigenvalue weighted by Gasteiger charge is -2.07. The third-order valence-corrected chi connectivity index (χ3v) is 3.08. The summed E-state index contributed by atoms with van der Waals surface area (Å²) in [6.07, 6.45) is 3.31. The standard InChI is InChI=1S/C14H21N3O.HI/c1-10-3-4-11(9-13(10)18-2)7-8-16-14(15)17-12-5-6-12;/h3-4,9,12H,5-8H2,1-2H3,(H3,15,16,17);1H. The number of guanidine groups is 1. The Hall–Kier alpha value is -0.980. The predicted octanol–water partition coefficient (Wildman–Crippen LogP) is 2.23. The molecule has 0 atom stereocenters. The summed E-state index contributed by atoms with van der Waals surface area (Å²) in [6.45, 7) is 2.75. The number of nitrogens with two attached hydrogens (primary N) is 1. The van der Waals surface area contributed by atoms with Gasteiger partial charge in [0.1, 0.15) is 5.75 Å². The topological polar surface area (TPSA) is 59.6 Å². The molecule has 0 heterocycles. The summed E-state index contributed by atoms with van der Waals surface area (Å²) in [7, 11) is 1.70. The summed E-state index contributed by atoms with van der Waals surface area (Å²) >= 11 is 0. The highest BCUT2D eigenvalue weighted by Crippen LogP contribution is 2.19. The van der Waals surface area contributed by atoms with Crippen LogP contribution in [0.5, 0.6) is 5.75 Å². The smallest absolute Gasteiger partial charge is 0.188 e. The van der Waals surface area contributed by atoms with Crippen LogP contribution in [0.3, 0.4) is 0 Å². The third kappa shape index (κ3) is 5.26. The number of hydrogen-bond acceptors (Lipinski definition) is 2. The molecule has 0 spiro atoms. The minimum Gasteiger partial charge on any atom is -0.496 e. The Kier molecular flexibility index (Phi) is 6.41. The van der Waals surface area contributed by atoms with E-state index in [1.807, 2.05) is 6.92 Å². The van der Waals surface area contributed by atoms with Crippen LogP contribution in [0.15, 0.2) is 23.2 Å². The van der Waals surface area contributed by atoms with Crippen molar-refractivity contribution in [3.05, 3.63) is 29.3 Å². The molecule has 0 amide bonds. The van der Waals surface area contributed by atoms with E-state index in [0.29, 0.717) is 18.5 Å². The molecule has 2 rings (SSSR count). The lowest BCUT2D eigenvalue weighted by Crippen LogP contribution is -2.33. The lowest BCUT2D eigenvalue weighted by atomic mass is 10.1. The first-order chi connectivity index (χ1) is 8.69.